The molecule has 4 rings (SSSR count). The second-order valence-electron chi connectivity index (χ2n) is 11.6. The number of rotatable bonds is 9. The SMILES string of the molecule is C=CCCC1CCC(CCC2CCC(c3cc(F)c(C#Cc4ccc(CCC)cc4)c(F)c3)CC2)CC1. The Hall–Kier alpha value is -2.40. The zero-order valence-electron chi connectivity index (χ0n) is 22.7. The largest absolute Gasteiger partial charge is 0.206 e. The van der Waals surface area contributed by atoms with E-state index >= 15 is 0 Å². The summed E-state index contributed by atoms with van der Waals surface area (Å²) in [5.41, 5.74) is 2.73. The molecule has 0 aromatic heterocycles. The van der Waals surface area contributed by atoms with Crippen LogP contribution in [-0.2, 0) is 6.42 Å². The smallest absolute Gasteiger partial charge is 0.142 e. The van der Waals surface area contributed by atoms with E-state index in [1.54, 1.807) is 0 Å². The van der Waals surface area contributed by atoms with Gasteiger partial charge < -0.3 is 0 Å². The first-order valence-electron chi connectivity index (χ1n) is 14.8. The van der Waals surface area contributed by atoms with E-state index in [1.807, 2.05) is 24.3 Å². The van der Waals surface area contributed by atoms with Crippen LogP contribution in [-0.4, -0.2) is 0 Å². The lowest BCUT2D eigenvalue weighted by Crippen LogP contribution is -2.18. The van der Waals surface area contributed by atoms with Crippen molar-refractivity contribution in [2.75, 3.05) is 0 Å². The summed E-state index contributed by atoms with van der Waals surface area (Å²) < 4.78 is 29.8. The summed E-state index contributed by atoms with van der Waals surface area (Å²) in [7, 11) is 0. The average molecular weight is 503 g/mol. The van der Waals surface area contributed by atoms with Gasteiger partial charge in [0.05, 0.1) is 5.56 Å². The van der Waals surface area contributed by atoms with Gasteiger partial charge in [-0.2, -0.15) is 0 Å². The van der Waals surface area contributed by atoms with Gasteiger partial charge in [0.1, 0.15) is 11.6 Å². The second kappa shape index (κ2) is 13.9. The molecule has 0 nitrogen and oxygen atoms in total. The van der Waals surface area contributed by atoms with Crippen molar-refractivity contribution in [1.82, 2.24) is 0 Å². The molecular formula is C35H44F2. The molecular weight excluding hydrogens is 458 g/mol. The van der Waals surface area contributed by atoms with Crippen LogP contribution in [0.2, 0.25) is 0 Å². The molecule has 2 saturated carbocycles. The summed E-state index contributed by atoms with van der Waals surface area (Å²) in [6.45, 7) is 6.01. The first-order chi connectivity index (χ1) is 18.1. The van der Waals surface area contributed by atoms with Crippen molar-refractivity contribution in [2.24, 2.45) is 17.8 Å². The molecule has 2 aromatic carbocycles. The summed E-state index contributed by atoms with van der Waals surface area (Å²) in [4.78, 5) is 0. The van der Waals surface area contributed by atoms with Gasteiger partial charge in [0, 0.05) is 5.56 Å². The van der Waals surface area contributed by atoms with Crippen LogP contribution in [0.4, 0.5) is 8.78 Å². The molecule has 0 saturated heterocycles. The summed E-state index contributed by atoms with van der Waals surface area (Å²) in [5.74, 6) is 7.47. The average Bonchev–Trinajstić information content (AvgIpc) is 2.92. The number of aryl methyl sites for hydroxylation is 1. The Balaban J connectivity index is 1.26. The predicted molar refractivity (Wildman–Crippen MR) is 152 cm³/mol. The molecule has 0 aliphatic heterocycles. The standard InChI is InChI=1S/C35H44F2/c1-3-5-7-27-10-14-28(15-11-27)16-17-30-18-21-31(22-19-30)32-24-34(36)33(35(37)25-32)23-20-29-12-8-26(6-4-2)9-13-29/h3,8-9,12-13,24-25,27-28,30-31H,1,4-7,10-11,14-19,21-22H2,2H3. The van der Waals surface area contributed by atoms with Gasteiger partial charge in [0.2, 0.25) is 0 Å². The zero-order valence-corrected chi connectivity index (χ0v) is 22.7. The topological polar surface area (TPSA) is 0 Å². The van der Waals surface area contributed by atoms with E-state index in [-0.39, 0.29) is 11.5 Å². The van der Waals surface area contributed by atoms with E-state index in [0.717, 1.165) is 61.0 Å². The Kier molecular flexibility index (Phi) is 10.4. The lowest BCUT2D eigenvalue weighted by molar-refractivity contribution is 0.225. The summed E-state index contributed by atoms with van der Waals surface area (Å²) in [6.07, 6.45) is 19.4. The molecule has 0 amide bonds. The third kappa shape index (κ3) is 8.04. The number of allylic oxidation sites excluding steroid dienone is 1. The molecule has 2 fully saturated rings. The van der Waals surface area contributed by atoms with E-state index in [0.29, 0.717) is 0 Å². The first-order valence-corrected chi connectivity index (χ1v) is 14.8. The highest BCUT2D eigenvalue weighted by atomic mass is 19.1. The summed E-state index contributed by atoms with van der Waals surface area (Å²) in [6, 6.07) is 11.0. The van der Waals surface area contributed by atoms with Crippen molar-refractivity contribution in [3.05, 3.63) is 82.9 Å². The van der Waals surface area contributed by atoms with Gasteiger partial charge in [-0.05, 0) is 104 Å². The molecule has 0 unspecified atom stereocenters. The van der Waals surface area contributed by atoms with E-state index in [4.69, 9.17) is 0 Å². The van der Waals surface area contributed by atoms with Gasteiger partial charge in [-0.25, -0.2) is 8.78 Å². The third-order valence-corrected chi connectivity index (χ3v) is 8.94. The Labute approximate surface area is 224 Å². The number of halogens is 2. The number of benzene rings is 2. The van der Waals surface area contributed by atoms with Crippen molar-refractivity contribution < 1.29 is 8.78 Å². The highest BCUT2D eigenvalue weighted by Crippen LogP contribution is 2.40. The predicted octanol–water partition coefficient (Wildman–Crippen LogP) is 10.1. The van der Waals surface area contributed by atoms with Crippen molar-refractivity contribution >= 4 is 0 Å². The minimum atomic E-state index is -0.532. The molecule has 0 heterocycles. The maximum atomic E-state index is 14.9. The van der Waals surface area contributed by atoms with Crippen molar-refractivity contribution in [1.29, 1.82) is 0 Å². The fourth-order valence-corrected chi connectivity index (χ4v) is 6.54. The molecule has 0 atom stereocenters. The van der Waals surface area contributed by atoms with Crippen LogP contribution >= 0.6 is 0 Å². The Morgan fingerprint density at radius 2 is 1.32 bits per heavy atom. The van der Waals surface area contributed by atoms with Crippen molar-refractivity contribution in [3.8, 4) is 11.8 Å². The van der Waals surface area contributed by atoms with Crippen LogP contribution in [0.25, 0.3) is 0 Å². The second-order valence-corrected chi connectivity index (χ2v) is 11.6. The lowest BCUT2D eigenvalue weighted by atomic mass is 9.74. The van der Waals surface area contributed by atoms with Crippen LogP contribution in [0.1, 0.15) is 119 Å². The summed E-state index contributed by atoms with van der Waals surface area (Å²) >= 11 is 0. The van der Waals surface area contributed by atoms with Gasteiger partial charge in [0.15, 0.2) is 0 Å². The molecule has 0 radical (unpaired) electrons. The fourth-order valence-electron chi connectivity index (χ4n) is 6.54. The van der Waals surface area contributed by atoms with E-state index in [1.165, 1.54) is 75.5 Å². The van der Waals surface area contributed by atoms with Crippen molar-refractivity contribution in [3.63, 3.8) is 0 Å². The van der Waals surface area contributed by atoms with Gasteiger partial charge >= 0.3 is 0 Å². The number of hydrogen-bond donors (Lipinski definition) is 0. The molecule has 0 bridgehead atoms. The first kappa shape index (κ1) is 27.6. The minimum Gasteiger partial charge on any atom is -0.206 e. The maximum absolute atomic E-state index is 14.9. The molecule has 0 spiro atoms. The van der Waals surface area contributed by atoms with E-state index in [2.05, 4.69) is 31.4 Å². The number of hydrogen-bond acceptors (Lipinski definition) is 0. The Bertz CT molecular complexity index is 1030. The monoisotopic (exact) mass is 502 g/mol. The lowest BCUT2D eigenvalue weighted by Gasteiger charge is -2.32. The van der Waals surface area contributed by atoms with Crippen LogP contribution < -0.4 is 0 Å². The van der Waals surface area contributed by atoms with Crippen LogP contribution in [0.15, 0.2) is 49.1 Å². The van der Waals surface area contributed by atoms with E-state index < -0.39 is 11.6 Å². The van der Waals surface area contributed by atoms with Crippen LogP contribution in [0.5, 0.6) is 0 Å². The molecule has 2 aliphatic carbocycles. The molecule has 2 heteroatoms. The molecule has 2 aromatic rings. The van der Waals surface area contributed by atoms with Gasteiger partial charge in [-0.1, -0.05) is 81.9 Å². The Morgan fingerprint density at radius 1 is 0.784 bits per heavy atom. The molecule has 2 aliphatic rings. The van der Waals surface area contributed by atoms with Crippen molar-refractivity contribution in [2.45, 2.75) is 103 Å². The van der Waals surface area contributed by atoms with Crippen LogP contribution in [0, 0.1) is 41.2 Å². The maximum Gasteiger partial charge on any atom is 0.142 e. The Morgan fingerprint density at radius 3 is 1.86 bits per heavy atom. The third-order valence-electron chi connectivity index (χ3n) is 8.94. The molecule has 0 N–H and O–H groups in total. The zero-order chi connectivity index (χ0) is 26.0. The fraction of sp³-hybridized carbons (Fsp3) is 0.543. The molecule has 37 heavy (non-hydrogen) atoms. The van der Waals surface area contributed by atoms with Crippen LogP contribution in [0.3, 0.4) is 0 Å². The van der Waals surface area contributed by atoms with Gasteiger partial charge in [0.25, 0.3) is 0 Å². The quantitative estimate of drug-likeness (QED) is 0.236. The molecule has 198 valence electrons. The van der Waals surface area contributed by atoms with Gasteiger partial charge in [-0.15, -0.1) is 6.58 Å². The van der Waals surface area contributed by atoms with E-state index in [9.17, 15) is 8.78 Å². The highest BCUT2D eigenvalue weighted by Gasteiger charge is 2.26. The normalized spacial score (nSPS) is 23.8. The minimum absolute atomic E-state index is 0.116. The van der Waals surface area contributed by atoms with Gasteiger partial charge in [-0.3, -0.25) is 0 Å². The summed E-state index contributed by atoms with van der Waals surface area (Å²) in [5, 5.41) is 0. The highest BCUT2D eigenvalue weighted by molar-refractivity contribution is 5.46.